The van der Waals surface area contributed by atoms with E-state index in [4.69, 9.17) is 0 Å². The van der Waals surface area contributed by atoms with Gasteiger partial charge >= 0.3 is 0 Å². The van der Waals surface area contributed by atoms with Crippen molar-refractivity contribution in [2.75, 3.05) is 0 Å². The predicted molar refractivity (Wildman–Crippen MR) is 108 cm³/mol. The first-order valence-corrected chi connectivity index (χ1v) is 11.4. The first kappa shape index (κ1) is 22.9. The molecule has 1 aromatic carbocycles. The average Bonchev–Trinajstić information content (AvgIpc) is 2.73. The van der Waals surface area contributed by atoms with Crippen LogP contribution in [0.1, 0.15) is 94.1 Å². The fraction of sp³-hybridized carbons (Fsp3) is 0.720. The molecule has 1 radical (unpaired) electrons. The van der Waals surface area contributed by atoms with Gasteiger partial charge in [-0.3, -0.25) is 0 Å². The van der Waals surface area contributed by atoms with Gasteiger partial charge in [0.2, 0.25) is 0 Å². The predicted octanol–water partition coefficient (Wildman–Crippen LogP) is 7.75. The molecule has 0 N–H and O–H groups in total. The number of aryl methyl sites for hydroxylation is 1. The van der Waals surface area contributed by atoms with E-state index in [9.17, 15) is 8.78 Å². The van der Waals surface area contributed by atoms with Crippen molar-refractivity contribution in [1.82, 2.24) is 0 Å². The zero-order valence-corrected chi connectivity index (χ0v) is 20.3. The molecule has 1 aromatic rings. The molecule has 0 atom stereocenters. The molecule has 3 heteroatoms. The van der Waals surface area contributed by atoms with E-state index >= 15 is 0 Å². The van der Waals surface area contributed by atoms with E-state index in [0.29, 0.717) is 11.1 Å². The van der Waals surface area contributed by atoms with Crippen LogP contribution in [0.2, 0.25) is 0 Å². The largest absolute Gasteiger partial charge is 0.328 e. The molecule has 0 spiro atoms. The van der Waals surface area contributed by atoms with Gasteiger partial charge in [0.25, 0.3) is 0 Å². The van der Waals surface area contributed by atoms with Crippen molar-refractivity contribution >= 4 is 0 Å². The van der Waals surface area contributed by atoms with E-state index in [1.54, 1.807) is 13.0 Å². The van der Waals surface area contributed by atoms with Crippen LogP contribution in [-0.4, -0.2) is 0 Å². The summed E-state index contributed by atoms with van der Waals surface area (Å²) in [6.45, 7) is 1.64. The minimum absolute atomic E-state index is 0. The minimum atomic E-state index is -0.645. The Bertz CT molecular complexity index is 622. The Morgan fingerprint density at radius 2 is 1.14 bits per heavy atom. The summed E-state index contributed by atoms with van der Waals surface area (Å²) in [6.07, 6.45) is 18.2. The van der Waals surface area contributed by atoms with Gasteiger partial charge in [0.1, 0.15) is 0 Å². The fourth-order valence-corrected chi connectivity index (χ4v) is 6.39. The van der Waals surface area contributed by atoms with Gasteiger partial charge in [-0.1, -0.05) is 25.0 Å². The molecule has 28 heavy (non-hydrogen) atoms. The van der Waals surface area contributed by atoms with E-state index in [0.717, 1.165) is 36.5 Å². The maximum Gasteiger partial charge on any atom is 0.162 e. The normalized spacial score (nSPS) is 32.0. The van der Waals surface area contributed by atoms with Crippen LogP contribution in [0, 0.1) is 48.7 Å². The maximum absolute atomic E-state index is 14.3. The first-order chi connectivity index (χ1) is 13.1. The van der Waals surface area contributed by atoms with Crippen molar-refractivity contribution in [2.45, 2.75) is 89.9 Å². The standard InChI is InChI=1S/C25H35F2.Y/c1-17-7-16-23(25(27)24(17)26)22-14-12-21(13-15-22)20-10-8-19(9-11-20)18-5-3-2-4-6-18;/h2,7,16,18-22H,3-6,8-15H2,1H3;/q-1;. The molecule has 0 aromatic heterocycles. The van der Waals surface area contributed by atoms with Crippen molar-refractivity contribution < 1.29 is 41.5 Å². The van der Waals surface area contributed by atoms with Crippen LogP contribution < -0.4 is 0 Å². The molecule has 3 aliphatic rings. The van der Waals surface area contributed by atoms with Crippen LogP contribution in [0.5, 0.6) is 0 Å². The fourth-order valence-electron chi connectivity index (χ4n) is 6.39. The van der Waals surface area contributed by atoms with Gasteiger partial charge in [0.15, 0.2) is 11.6 Å². The summed E-state index contributed by atoms with van der Waals surface area (Å²) in [6, 6.07) is 3.57. The van der Waals surface area contributed by atoms with Crippen molar-refractivity contribution in [3.05, 3.63) is 41.3 Å². The van der Waals surface area contributed by atoms with Gasteiger partial charge in [0.05, 0.1) is 0 Å². The number of halogens is 2. The van der Waals surface area contributed by atoms with Crippen molar-refractivity contribution in [1.29, 1.82) is 0 Å². The zero-order chi connectivity index (χ0) is 18.8. The van der Waals surface area contributed by atoms with Crippen LogP contribution in [0.25, 0.3) is 0 Å². The van der Waals surface area contributed by atoms with Crippen LogP contribution in [0.15, 0.2) is 12.1 Å². The summed E-state index contributed by atoms with van der Waals surface area (Å²) in [7, 11) is 0. The van der Waals surface area contributed by atoms with Gasteiger partial charge in [-0.2, -0.15) is 12.8 Å². The molecule has 0 unspecified atom stereocenters. The Kier molecular flexibility index (Phi) is 8.55. The summed E-state index contributed by atoms with van der Waals surface area (Å²) in [5.74, 6) is 2.65. The summed E-state index contributed by atoms with van der Waals surface area (Å²) >= 11 is 0. The molecular formula is C25H35F2Y-. The maximum atomic E-state index is 14.3. The Balaban J connectivity index is 0.00000225. The Hall–Kier alpha value is 0.184. The smallest absolute Gasteiger partial charge is 0.162 e. The molecule has 153 valence electrons. The molecule has 0 bridgehead atoms. The Morgan fingerprint density at radius 1 is 0.679 bits per heavy atom. The molecule has 3 saturated carbocycles. The van der Waals surface area contributed by atoms with Gasteiger partial charge in [-0.15, -0.1) is 0 Å². The molecule has 0 heterocycles. The number of rotatable bonds is 3. The summed E-state index contributed by atoms with van der Waals surface area (Å²) < 4.78 is 28.3. The SMILES string of the molecule is Cc1ccc(C2CCC(C3CCC(C4CC[CH-]CC4)CC3)CC2)c(F)c1F.[Y]. The molecule has 0 nitrogen and oxygen atoms in total. The van der Waals surface area contributed by atoms with Gasteiger partial charge in [-0.25, -0.2) is 8.78 Å². The van der Waals surface area contributed by atoms with Crippen LogP contribution >= 0.6 is 0 Å². The number of hydrogen-bond donors (Lipinski definition) is 0. The van der Waals surface area contributed by atoms with E-state index in [2.05, 4.69) is 6.42 Å². The number of benzene rings is 1. The molecule has 0 saturated heterocycles. The molecular weight excluding hydrogens is 427 g/mol. The Morgan fingerprint density at radius 3 is 1.68 bits per heavy atom. The zero-order valence-electron chi connectivity index (χ0n) is 17.4. The monoisotopic (exact) mass is 462 g/mol. The van der Waals surface area contributed by atoms with Crippen molar-refractivity contribution in [3.63, 3.8) is 0 Å². The second-order valence-electron chi connectivity index (χ2n) is 9.59. The first-order valence-electron chi connectivity index (χ1n) is 11.4. The molecule has 3 fully saturated rings. The second kappa shape index (κ2) is 10.5. The molecule has 0 amide bonds. The molecule has 3 aliphatic carbocycles. The van der Waals surface area contributed by atoms with Gasteiger partial charge < -0.3 is 6.42 Å². The van der Waals surface area contributed by atoms with E-state index in [1.807, 2.05) is 6.07 Å². The van der Waals surface area contributed by atoms with Crippen LogP contribution in [-0.2, 0) is 32.7 Å². The summed E-state index contributed by atoms with van der Waals surface area (Å²) in [5, 5.41) is 0. The van der Waals surface area contributed by atoms with Gasteiger partial charge in [0, 0.05) is 32.7 Å². The second-order valence-corrected chi connectivity index (χ2v) is 9.59. The third-order valence-corrected chi connectivity index (χ3v) is 8.15. The minimum Gasteiger partial charge on any atom is -0.328 e. The summed E-state index contributed by atoms with van der Waals surface area (Å²) in [5.41, 5.74) is 1.03. The van der Waals surface area contributed by atoms with E-state index < -0.39 is 11.6 Å². The topological polar surface area (TPSA) is 0 Å². The van der Waals surface area contributed by atoms with Crippen molar-refractivity contribution in [2.24, 2.45) is 23.7 Å². The van der Waals surface area contributed by atoms with Gasteiger partial charge in [-0.05, 0) is 99.0 Å². The van der Waals surface area contributed by atoms with Crippen LogP contribution in [0.4, 0.5) is 8.78 Å². The quantitative estimate of drug-likeness (QED) is 0.403. The summed E-state index contributed by atoms with van der Waals surface area (Å²) in [4.78, 5) is 0. The molecule has 0 aliphatic heterocycles. The van der Waals surface area contributed by atoms with Crippen LogP contribution in [0.3, 0.4) is 0 Å². The third-order valence-electron chi connectivity index (χ3n) is 8.15. The Labute approximate surface area is 195 Å². The number of hydrogen-bond acceptors (Lipinski definition) is 0. The van der Waals surface area contributed by atoms with E-state index in [-0.39, 0.29) is 38.6 Å². The van der Waals surface area contributed by atoms with E-state index in [1.165, 1.54) is 64.2 Å². The average molecular weight is 462 g/mol. The van der Waals surface area contributed by atoms with Crippen molar-refractivity contribution in [3.8, 4) is 0 Å². The third kappa shape index (κ3) is 5.08. The molecule has 4 rings (SSSR count).